The van der Waals surface area contributed by atoms with Crippen LogP contribution in [-0.2, 0) is 4.79 Å². The summed E-state index contributed by atoms with van der Waals surface area (Å²) in [5.74, 6) is 1.51. The summed E-state index contributed by atoms with van der Waals surface area (Å²) in [6.45, 7) is 1.15. The average Bonchev–Trinajstić information content (AvgIpc) is 2.51. The van der Waals surface area contributed by atoms with Gasteiger partial charge in [0.2, 0.25) is 5.91 Å². The summed E-state index contributed by atoms with van der Waals surface area (Å²) < 4.78 is 0. The van der Waals surface area contributed by atoms with Gasteiger partial charge in [0.15, 0.2) is 0 Å². The van der Waals surface area contributed by atoms with E-state index in [1.807, 2.05) is 6.07 Å². The SMILES string of the molecule is O=C(CCNC(=O)c1ccccc1)NCCSCCCO. The number of rotatable bonds is 10. The Hall–Kier alpha value is -1.53. The van der Waals surface area contributed by atoms with E-state index in [-0.39, 0.29) is 24.8 Å². The number of aliphatic hydroxyl groups is 1. The van der Waals surface area contributed by atoms with Crippen LogP contribution in [0.3, 0.4) is 0 Å². The van der Waals surface area contributed by atoms with Crippen molar-refractivity contribution >= 4 is 23.6 Å². The van der Waals surface area contributed by atoms with E-state index in [0.717, 1.165) is 17.9 Å². The lowest BCUT2D eigenvalue weighted by molar-refractivity contribution is -0.120. The first-order chi connectivity index (χ1) is 10.2. The summed E-state index contributed by atoms with van der Waals surface area (Å²) in [5, 5.41) is 14.1. The molecule has 0 spiro atoms. The Labute approximate surface area is 129 Å². The van der Waals surface area contributed by atoms with Gasteiger partial charge >= 0.3 is 0 Å². The maximum absolute atomic E-state index is 11.7. The van der Waals surface area contributed by atoms with Crippen LogP contribution in [-0.4, -0.2) is 48.1 Å². The van der Waals surface area contributed by atoms with Crippen molar-refractivity contribution in [3.05, 3.63) is 35.9 Å². The fourth-order valence-corrected chi connectivity index (χ4v) is 2.38. The number of hydrogen-bond acceptors (Lipinski definition) is 4. The first-order valence-electron chi connectivity index (χ1n) is 7.02. The van der Waals surface area contributed by atoms with Gasteiger partial charge < -0.3 is 15.7 Å². The summed E-state index contributed by atoms with van der Waals surface area (Å²) in [6.07, 6.45) is 1.06. The highest BCUT2D eigenvalue weighted by atomic mass is 32.2. The molecule has 116 valence electrons. The van der Waals surface area contributed by atoms with Gasteiger partial charge in [-0.05, 0) is 24.3 Å². The van der Waals surface area contributed by atoms with Crippen molar-refractivity contribution in [2.24, 2.45) is 0 Å². The van der Waals surface area contributed by atoms with E-state index >= 15 is 0 Å². The Bertz CT molecular complexity index is 426. The van der Waals surface area contributed by atoms with Crippen LogP contribution >= 0.6 is 11.8 Å². The topological polar surface area (TPSA) is 78.4 Å². The molecular formula is C15H22N2O3S. The molecule has 5 nitrogen and oxygen atoms in total. The highest BCUT2D eigenvalue weighted by Gasteiger charge is 2.05. The van der Waals surface area contributed by atoms with Gasteiger partial charge in [0.1, 0.15) is 0 Å². The maximum Gasteiger partial charge on any atom is 0.251 e. The van der Waals surface area contributed by atoms with E-state index in [9.17, 15) is 9.59 Å². The van der Waals surface area contributed by atoms with E-state index in [1.54, 1.807) is 36.0 Å². The van der Waals surface area contributed by atoms with E-state index in [4.69, 9.17) is 5.11 Å². The lowest BCUT2D eigenvalue weighted by Gasteiger charge is -2.06. The van der Waals surface area contributed by atoms with Crippen molar-refractivity contribution in [3.63, 3.8) is 0 Å². The molecule has 21 heavy (non-hydrogen) atoms. The van der Waals surface area contributed by atoms with Crippen molar-refractivity contribution in [2.75, 3.05) is 31.2 Å². The molecule has 0 radical (unpaired) electrons. The summed E-state index contributed by atoms with van der Waals surface area (Å²) in [5.41, 5.74) is 0.596. The van der Waals surface area contributed by atoms with Gasteiger partial charge in [0, 0.05) is 37.4 Å². The number of carbonyl (C=O) groups excluding carboxylic acids is 2. The predicted octanol–water partition coefficient (Wildman–Crippen LogP) is 1.04. The number of carbonyl (C=O) groups is 2. The fourth-order valence-electron chi connectivity index (χ4n) is 1.60. The number of hydrogen-bond donors (Lipinski definition) is 3. The maximum atomic E-state index is 11.7. The molecule has 0 saturated heterocycles. The van der Waals surface area contributed by atoms with E-state index in [2.05, 4.69) is 10.6 Å². The van der Waals surface area contributed by atoms with Gasteiger partial charge in [-0.2, -0.15) is 11.8 Å². The van der Waals surface area contributed by atoms with E-state index < -0.39 is 0 Å². The van der Waals surface area contributed by atoms with Gasteiger partial charge in [0.25, 0.3) is 5.91 Å². The highest BCUT2D eigenvalue weighted by molar-refractivity contribution is 7.99. The second kappa shape index (κ2) is 11.2. The minimum absolute atomic E-state index is 0.0638. The Balaban J connectivity index is 2.04. The third-order valence-corrected chi connectivity index (χ3v) is 3.76. The van der Waals surface area contributed by atoms with Crippen LogP contribution in [0.1, 0.15) is 23.2 Å². The third-order valence-electron chi connectivity index (χ3n) is 2.69. The number of thioether (sulfide) groups is 1. The lowest BCUT2D eigenvalue weighted by atomic mass is 10.2. The molecule has 0 atom stereocenters. The molecule has 1 aromatic rings. The minimum Gasteiger partial charge on any atom is -0.396 e. The molecule has 0 aliphatic rings. The van der Waals surface area contributed by atoms with Crippen molar-refractivity contribution in [3.8, 4) is 0 Å². The van der Waals surface area contributed by atoms with Gasteiger partial charge in [-0.15, -0.1) is 0 Å². The normalized spacial score (nSPS) is 10.1. The van der Waals surface area contributed by atoms with Gasteiger partial charge in [-0.25, -0.2) is 0 Å². The molecule has 0 aliphatic carbocycles. The molecule has 0 saturated carbocycles. The van der Waals surface area contributed by atoms with Crippen molar-refractivity contribution in [2.45, 2.75) is 12.8 Å². The van der Waals surface area contributed by atoms with E-state index in [0.29, 0.717) is 18.7 Å². The quantitative estimate of drug-likeness (QED) is 0.564. The Kier molecular flexibility index (Phi) is 9.32. The van der Waals surface area contributed by atoms with Gasteiger partial charge in [0.05, 0.1) is 0 Å². The molecule has 1 aromatic carbocycles. The zero-order chi connectivity index (χ0) is 15.3. The standard InChI is InChI=1S/C15H22N2O3S/c18-10-4-11-21-12-9-16-14(19)7-8-17-15(20)13-5-2-1-3-6-13/h1-3,5-6,18H,4,7-12H2,(H,16,19)(H,17,20). The van der Waals surface area contributed by atoms with Crippen LogP contribution in [0.25, 0.3) is 0 Å². The molecule has 0 aromatic heterocycles. The highest BCUT2D eigenvalue weighted by Crippen LogP contribution is 2.00. The number of amides is 2. The van der Waals surface area contributed by atoms with Crippen molar-refractivity contribution < 1.29 is 14.7 Å². The monoisotopic (exact) mass is 310 g/mol. The van der Waals surface area contributed by atoms with Crippen LogP contribution in [0, 0.1) is 0 Å². The molecule has 0 heterocycles. The zero-order valence-corrected chi connectivity index (χ0v) is 12.8. The van der Waals surface area contributed by atoms with Crippen molar-refractivity contribution in [1.29, 1.82) is 0 Å². The third kappa shape index (κ3) is 8.37. The summed E-state index contributed by atoms with van der Waals surface area (Å²) in [7, 11) is 0. The van der Waals surface area contributed by atoms with Crippen molar-refractivity contribution in [1.82, 2.24) is 10.6 Å². The molecule has 3 N–H and O–H groups in total. The molecule has 0 aliphatic heterocycles. The van der Waals surface area contributed by atoms with E-state index in [1.165, 1.54) is 0 Å². The Morgan fingerprint density at radius 2 is 1.81 bits per heavy atom. The largest absolute Gasteiger partial charge is 0.396 e. The number of aliphatic hydroxyl groups excluding tert-OH is 1. The number of nitrogens with one attached hydrogen (secondary N) is 2. The lowest BCUT2D eigenvalue weighted by Crippen LogP contribution is -2.31. The second-order valence-electron chi connectivity index (χ2n) is 4.41. The Morgan fingerprint density at radius 3 is 2.52 bits per heavy atom. The average molecular weight is 310 g/mol. The first kappa shape index (κ1) is 17.5. The van der Waals surface area contributed by atoms with Crippen LogP contribution in [0.15, 0.2) is 30.3 Å². The summed E-state index contributed by atoms with van der Waals surface area (Å²) in [4.78, 5) is 23.3. The van der Waals surface area contributed by atoms with Crippen LogP contribution < -0.4 is 10.6 Å². The fraction of sp³-hybridized carbons (Fsp3) is 0.467. The second-order valence-corrected chi connectivity index (χ2v) is 5.64. The van der Waals surface area contributed by atoms with Gasteiger partial charge in [-0.3, -0.25) is 9.59 Å². The first-order valence-corrected chi connectivity index (χ1v) is 8.18. The molecule has 6 heteroatoms. The summed E-state index contributed by atoms with van der Waals surface area (Å²) in [6, 6.07) is 8.92. The molecule has 0 fully saturated rings. The molecule has 0 unspecified atom stereocenters. The molecule has 0 bridgehead atoms. The smallest absolute Gasteiger partial charge is 0.251 e. The molecule has 1 rings (SSSR count). The van der Waals surface area contributed by atoms with Crippen LogP contribution in [0.4, 0.5) is 0 Å². The zero-order valence-electron chi connectivity index (χ0n) is 12.0. The van der Waals surface area contributed by atoms with Gasteiger partial charge in [-0.1, -0.05) is 18.2 Å². The Morgan fingerprint density at radius 1 is 1.05 bits per heavy atom. The molecular weight excluding hydrogens is 288 g/mol. The molecule has 2 amide bonds. The number of benzene rings is 1. The predicted molar refractivity (Wildman–Crippen MR) is 85.4 cm³/mol. The summed E-state index contributed by atoms with van der Waals surface area (Å²) >= 11 is 1.70. The van der Waals surface area contributed by atoms with Crippen LogP contribution in [0.5, 0.6) is 0 Å². The van der Waals surface area contributed by atoms with Crippen LogP contribution in [0.2, 0.25) is 0 Å². The minimum atomic E-state index is -0.164.